The first-order chi connectivity index (χ1) is 14.2. The van der Waals surface area contributed by atoms with E-state index in [2.05, 4.69) is 40.5 Å². The zero-order valence-corrected chi connectivity index (χ0v) is 17.1. The first kappa shape index (κ1) is 21.1. The Morgan fingerprint density at radius 2 is 1.72 bits per heavy atom. The molecule has 1 saturated heterocycles. The van der Waals surface area contributed by atoms with Crippen LogP contribution in [0.5, 0.6) is 0 Å². The Bertz CT molecular complexity index is 799. The van der Waals surface area contributed by atoms with Crippen LogP contribution < -0.4 is 5.32 Å². The van der Waals surface area contributed by atoms with Gasteiger partial charge in [-0.05, 0) is 62.9 Å². The second kappa shape index (κ2) is 10.8. The number of likely N-dealkylation sites (tertiary alicyclic amines) is 1. The number of piperidine rings is 1. The molecule has 0 atom stereocenters. The van der Waals surface area contributed by atoms with Gasteiger partial charge in [-0.2, -0.15) is 0 Å². The standard InChI is InChI=1S/C24H30N2O3/c1-2-29-24(28)21-10-6-7-11-22(21)25-23(27)14-17-26-15-12-20(13-16-26)18-19-8-4-3-5-9-19/h3-11,20H,2,12-18H2,1H3,(H,25,27). The summed E-state index contributed by atoms with van der Waals surface area (Å²) in [5, 5.41) is 2.86. The zero-order valence-electron chi connectivity index (χ0n) is 17.1. The second-order valence-corrected chi connectivity index (χ2v) is 7.54. The highest BCUT2D eigenvalue weighted by atomic mass is 16.5. The highest BCUT2D eigenvalue weighted by Crippen LogP contribution is 2.22. The molecule has 29 heavy (non-hydrogen) atoms. The predicted octanol–water partition coefficient (Wildman–Crippen LogP) is 4.15. The number of nitrogens with zero attached hydrogens (tertiary/aromatic N) is 1. The van der Waals surface area contributed by atoms with E-state index in [0.717, 1.165) is 32.0 Å². The van der Waals surface area contributed by atoms with Gasteiger partial charge in [-0.3, -0.25) is 4.79 Å². The van der Waals surface area contributed by atoms with E-state index in [4.69, 9.17) is 4.74 Å². The average Bonchev–Trinajstić information content (AvgIpc) is 2.74. The molecular weight excluding hydrogens is 364 g/mol. The van der Waals surface area contributed by atoms with Gasteiger partial charge in [-0.15, -0.1) is 0 Å². The van der Waals surface area contributed by atoms with Crippen LogP contribution in [0.25, 0.3) is 0 Å². The van der Waals surface area contributed by atoms with Crippen molar-refractivity contribution in [2.45, 2.75) is 32.6 Å². The van der Waals surface area contributed by atoms with E-state index in [1.807, 2.05) is 0 Å². The molecule has 1 amide bonds. The van der Waals surface area contributed by atoms with E-state index in [1.54, 1.807) is 31.2 Å². The number of carbonyl (C=O) groups is 2. The predicted molar refractivity (Wildman–Crippen MR) is 115 cm³/mol. The van der Waals surface area contributed by atoms with Crippen molar-refractivity contribution in [2.24, 2.45) is 5.92 Å². The van der Waals surface area contributed by atoms with Crippen molar-refractivity contribution in [2.75, 3.05) is 31.6 Å². The van der Waals surface area contributed by atoms with Gasteiger partial charge in [0.05, 0.1) is 17.9 Å². The number of rotatable bonds is 8. The fraction of sp³-hybridized carbons (Fsp3) is 0.417. The largest absolute Gasteiger partial charge is 0.462 e. The minimum absolute atomic E-state index is 0.0758. The van der Waals surface area contributed by atoms with Crippen LogP contribution in [-0.4, -0.2) is 43.0 Å². The smallest absolute Gasteiger partial charge is 0.340 e. The van der Waals surface area contributed by atoms with Crippen molar-refractivity contribution < 1.29 is 14.3 Å². The van der Waals surface area contributed by atoms with E-state index >= 15 is 0 Å². The highest BCUT2D eigenvalue weighted by Gasteiger charge is 2.20. The number of hydrogen-bond acceptors (Lipinski definition) is 4. The third-order valence-corrected chi connectivity index (χ3v) is 5.43. The summed E-state index contributed by atoms with van der Waals surface area (Å²) < 4.78 is 5.06. The van der Waals surface area contributed by atoms with Crippen LogP contribution in [0.3, 0.4) is 0 Å². The lowest BCUT2D eigenvalue weighted by Crippen LogP contribution is -2.36. The SMILES string of the molecule is CCOC(=O)c1ccccc1NC(=O)CCN1CCC(Cc2ccccc2)CC1. The number of ether oxygens (including phenoxy) is 1. The normalized spacial score (nSPS) is 15.1. The average molecular weight is 395 g/mol. The van der Waals surface area contributed by atoms with E-state index in [9.17, 15) is 9.59 Å². The molecule has 0 bridgehead atoms. The van der Waals surface area contributed by atoms with Crippen molar-refractivity contribution in [3.63, 3.8) is 0 Å². The number of benzene rings is 2. The molecule has 154 valence electrons. The Hall–Kier alpha value is -2.66. The number of esters is 1. The number of anilines is 1. The Balaban J connectivity index is 1.42. The molecule has 1 aliphatic rings. The van der Waals surface area contributed by atoms with Gasteiger partial charge in [0, 0.05) is 13.0 Å². The van der Waals surface area contributed by atoms with Crippen LogP contribution in [0.4, 0.5) is 5.69 Å². The molecule has 0 saturated carbocycles. The molecule has 0 unspecified atom stereocenters. The summed E-state index contributed by atoms with van der Waals surface area (Å²) in [6.07, 6.45) is 3.89. The Labute approximate surface area is 173 Å². The van der Waals surface area contributed by atoms with Crippen LogP contribution in [-0.2, 0) is 16.0 Å². The Kier molecular flexibility index (Phi) is 7.82. The molecule has 0 radical (unpaired) electrons. The van der Waals surface area contributed by atoms with Crippen molar-refractivity contribution in [3.8, 4) is 0 Å². The van der Waals surface area contributed by atoms with Gasteiger partial charge >= 0.3 is 5.97 Å². The summed E-state index contributed by atoms with van der Waals surface area (Å²) in [6, 6.07) is 17.6. The maximum atomic E-state index is 12.4. The van der Waals surface area contributed by atoms with E-state index in [1.165, 1.54) is 18.4 Å². The summed E-state index contributed by atoms with van der Waals surface area (Å²) in [6.45, 7) is 4.88. The molecule has 2 aromatic rings. The van der Waals surface area contributed by atoms with Crippen molar-refractivity contribution in [1.82, 2.24) is 4.90 Å². The molecule has 0 aromatic heterocycles. The maximum absolute atomic E-state index is 12.4. The van der Waals surface area contributed by atoms with Gasteiger partial charge in [0.2, 0.25) is 5.91 Å². The van der Waals surface area contributed by atoms with Gasteiger partial charge in [0.25, 0.3) is 0 Å². The molecule has 1 aliphatic heterocycles. The van der Waals surface area contributed by atoms with Crippen LogP contribution in [0, 0.1) is 5.92 Å². The van der Waals surface area contributed by atoms with Crippen molar-refractivity contribution >= 4 is 17.6 Å². The molecule has 5 nitrogen and oxygen atoms in total. The Morgan fingerprint density at radius 1 is 1.03 bits per heavy atom. The number of carbonyl (C=O) groups excluding carboxylic acids is 2. The van der Waals surface area contributed by atoms with Gasteiger partial charge in [0.1, 0.15) is 0 Å². The van der Waals surface area contributed by atoms with Crippen molar-refractivity contribution in [1.29, 1.82) is 0 Å². The summed E-state index contributed by atoms with van der Waals surface area (Å²) in [5.74, 6) is 0.232. The number of amides is 1. The lowest BCUT2D eigenvalue weighted by molar-refractivity contribution is -0.116. The lowest BCUT2D eigenvalue weighted by atomic mass is 9.90. The molecule has 1 N–H and O–H groups in total. The maximum Gasteiger partial charge on any atom is 0.340 e. The van der Waals surface area contributed by atoms with Gasteiger partial charge in [-0.25, -0.2) is 4.79 Å². The molecule has 0 spiro atoms. The molecule has 0 aliphatic carbocycles. The Morgan fingerprint density at radius 3 is 2.45 bits per heavy atom. The fourth-order valence-corrected chi connectivity index (χ4v) is 3.81. The van der Waals surface area contributed by atoms with Crippen LogP contribution in [0.1, 0.15) is 42.1 Å². The first-order valence-corrected chi connectivity index (χ1v) is 10.5. The first-order valence-electron chi connectivity index (χ1n) is 10.5. The molecule has 1 heterocycles. The van der Waals surface area contributed by atoms with Gasteiger partial charge in [-0.1, -0.05) is 42.5 Å². The third-order valence-electron chi connectivity index (χ3n) is 5.43. The minimum Gasteiger partial charge on any atom is -0.462 e. The number of hydrogen-bond donors (Lipinski definition) is 1. The third kappa shape index (κ3) is 6.43. The molecular formula is C24H30N2O3. The van der Waals surface area contributed by atoms with E-state index in [0.29, 0.717) is 24.3 Å². The summed E-state index contributed by atoms with van der Waals surface area (Å²) in [7, 11) is 0. The quantitative estimate of drug-likeness (QED) is 0.684. The van der Waals surface area contributed by atoms with E-state index in [-0.39, 0.29) is 5.91 Å². The van der Waals surface area contributed by atoms with Crippen LogP contribution in [0.2, 0.25) is 0 Å². The number of nitrogens with one attached hydrogen (secondary N) is 1. The van der Waals surface area contributed by atoms with Crippen LogP contribution >= 0.6 is 0 Å². The van der Waals surface area contributed by atoms with Gasteiger partial charge in [0.15, 0.2) is 0 Å². The monoisotopic (exact) mass is 394 g/mol. The zero-order chi connectivity index (χ0) is 20.5. The lowest BCUT2D eigenvalue weighted by Gasteiger charge is -2.31. The van der Waals surface area contributed by atoms with Crippen molar-refractivity contribution in [3.05, 3.63) is 65.7 Å². The number of para-hydroxylation sites is 1. The molecule has 2 aromatic carbocycles. The summed E-state index contributed by atoms with van der Waals surface area (Å²) in [5.41, 5.74) is 2.31. The molecule has 5 heteroatoms. The molecule has 3 rings (SSSR count). The van der Waals surface area contributed by atoms with Gasteiger partial charge < -0.3 is 15.0 Å². The topological polar surface area (TPSA) is 58.6 Å². The van der Waals surface area contributed by atoms with Crippen LogP contribution in [0.15, 0.2) is 54.6 Å². The fourth-order valence-electron chi connectivity index (χ4n) is 3.81. The second-order valence-electron chi connectivity index (χ2n) is 7.54. The summed E-state index contributed by atoms with van der Waals surface area (Å²) >= 11 is 0. The summed E-state index contributed by atoms with van der Waals surface area (Å²) in [4.78, 5) is 26.8. The minimum atomic E-state index is -0.413. The molecule has 1 fully saturated rings. The van der Waals surface area contributed by atoms with E-state index < -0.39 is 5.97 Å². The highest BCUT2D eigenvalue weighted by molar-refractivity contribution is 6.01.